The van der Waals surface area contributed by atoms with Crippen molar-refractivity contribution >= 4 is 23.5 Å². The van der Waals surface area contributed by atoms with Gasteiger partial charge in [0.05, 0.1) is 6.67 Å². The SMILES string of the molecule is CC(C)N1C(=O)C(=O)N(CN(C)Cc2ccccc2N2CCCCC2)C1=O. The van der Waals surface area contributed by atoms with Crippen LogP contribution < -0.4 is 4.90 Å². The summed E-state index contributed by atoms with van der Waals surface area (Å²) >= 11 is 0. The summed E-state index contributed by atoms with van der Waals surface area (Å²) < 4.78 is 0. The van der Waals surface area contributed by atoms with Gasteiger partial charge in [0.25, 0.3) is 0 Å². The molecule has 4 amide bonds. The third-order valence-corrected chi connectivity index (χ3v) is 5.11. The third-order valence-electron chi connectivity index (χ3n) is 5.11. The quantitative estimate of drug-likeness (QED) is 0.566. The zero-order valence-electron chi connectivity index (χ0n) is 16.4. The number of benzene rings is 1. The first-order valence-electron chi connectivity index (χ1n) is 9.60. The molecule has 0 aliphatic carbocycles. The van der Waals surface area contributed by atoms with Gasteiger partial charge in [-0.2, -0.15) is 0 Å². The fraction of sp³-hybridized carbons (Fsp3) is 0.550. The van der Waals surface area contributed by atoms with Gasteiger partial charge in [-0.15, -0.1) is 0 Å². The molecule has 7 nitrogen and oxygen atoms in total. The largest absolute Gasteiger partial charge is 0.371 e. The van der Waals surface area contributed by atoms with Crippen molar-refractivity contribution in [1.82, 2.24) is 14.7 Å². The second kappa shape index (κ2) is 8.08. The summed E-state index contributed by atoms with van der Waals surface area (Å²) in [7, 11) is 1.86. The Morgan fingerprint density at radius 1 is 1.00 bits per heavy atom. The van der Waals surface area contributed by atoms with Crippen LogP contribution in [0.2, 0.25) is 0 Å². The predicted molar refractivity (Wildman–Crippen MR) is 103 cm³/mol. The molecule has 2 aliphatic rings. The molecule has 0 radical (unpaired) electrons. The number of carbonyl (C=O) groups is 3. The van der Waals surface area contributed by atoms with Gasteiger partial charge in [0.15, 0.2) is 0 Å². The molecular weight excluding hydrogens is 344 g/mol. The average Bonchev–Trinajstić information content (AvgIpc) is 2.86. The summed E-state index contributed by atoms with van der Waals surface area (Å²) in [5.74, 6) is -1.48. The fourth-order valence-electron chi connectivity index (χ4n) is 3.77. The number of rotatable bonds is 6. The van der Waals surface area contributed by atoms with Gasteiger partial charge in [-0.3, -0.25) is 19.4 Å². The molecule has 0 unspecified atom stereocenters. The number of anilines is 1. The van der Waals surface area contributed by atoms with Crippen LogP contribution in [0.25, 0.3) is 0 Å². The molecule has 2 aliphatic heterocycles. The second-order valence-corrected chi connectivity index (χ2v) is 7.62. The lowest BCUT2D eigenvalue weighted by Crippen LogP contribution is -2.42. The molecule has 2 saturated heterocycles. The second-order valence-electron chi connectivity index (χ2n) is 7.62. The topological polar surface area (TPSA) is 64.2 Å². The summed E-state index contributed by atoms with van der Waals surface area (Å²) in [6.45, 7) is 6.26. The van der Waals surface area contributed by atoms with Gasteiger partial charge in [-0.05, 0) is 51.8 Å². The van der Waals surface area contributed by atoms with Crippen molar-refractivity contribution in [2.24, 2.45) is 0 Å². The van der Waals surface area contributed by atoms with Gasteiger partial charge >= 0.3 is 17.8 Å². The highest BCUT2D eigenvalue weighted by molar-refractivity contribution is 6.44. The molecule has 1 aromatic carbocycles. The summed E-state index contributed by atoms with van der Waals surface area (Å²) in [4.78, 5) is 43.1. The maximum absolute atomic E-state index is 12.4. The van der Waals surface area contributed by atoms with Crippen molar-refractivity contribution in [3.63, 3.8) is 0 Å². The highest BCUT2D eigenvalue weighted by atomic mass is 16.2. The lowest BCUT2D eigenvalue weighted by atomic mass is 10.1. The molecule has 0 bridgehead atoms. The summed E-state index contributed by atoms with van der Waals surface area (Å²) in [6.07, 6.45) is 3.68. The minimum Gasteiger partial charge on any atom is -0.371 e. The Morgan fingerprint density at radius 2 is 1.67 bits per heavy atom. The van der Waals surface area contributed by atoms with Crippen LogP contribution in [-0.4, -0.2) is 65.4 Å². The number of para-hydroxylation sites is 1. The molecule has 3 rings (SSSR count). The van der Waals surface area contributed by atoms with Crippen molar-refractivity contribution in [2.75, 3.05) is 31.7 Å². The molecule has 27 heavy (non-hydrogen) atoms. The summed E-state index contributed by atoms with van der Waals surface area (Å²) in [5, 5.41) is 0. The summed E-state index contributed by atoms with van der Waals surface area (Å²) in [6, 6.07) is 7.40. The van der Waals surface area contributed by atoms with Crippen molar-refractivity contribution in [3.8, 4) is 0 Å². The Morgan fingerprint density at radius 3 is 2.30 bits per heavy atom. The molecule has 7 heteroatoms. The van der Waals surface area contributed by atoms with Gasteiger partial charge in [0, 0.05) is 31.4 Å². The number of carbonyl (C=O) groups excluding carboxylic acids is 3. The van der Waals surface area contributed by atoms with E-state index in [0.29, 0.717) is 6.54 Å². The molecule has 0 N–H and O–H groups in total. The predicted octanol–water partition coefficient (Wildman–Crippen LogP) is 2.27. The van der Waals surface area contributed by atoms with Crippen LogP contribution in [0.1, 0.15) is 38.7 Å². The molecular formula is C20H28N4O3. The number of piperidine rings is 1. The third kappa shape index (κ3) is 3.98. The molecule has 2 heterocycles. The van der Waals surface area contributed by atoms with E-state index in [-0.39, 0.29) is 12.7 Å². The van der Waals surface area contributed by atoms with Crippen LogP contribution in [0.4, 0.5) is 10.5 Å². The smallest absolute Gasteiger partial charge is 0.335 e. The number of hydrogen-bond acceptors (Lipinski definition) is 5. The highest BCUT2D eigenvalue weighted by Crippen LogP contribution is 2.25. The van der Waals surface area contributed by atoms with Gasteiger partial charge in [0.2, 0.25) is 0 Å². The number of amides is 4. The van der Waals surface area contributed by atoms with Gasteiger partial charge in [-0.1, -0.05) is 18.2 Å². The van der Waals surface area contributed by atoms with Crippen LogP contribution in [0.3, 0.4) is 0 Å². The zero-order valence-corrected chi connectivity index (χ0v) is 16.4. The minimum atomic E-state index is -0.745. The van der Waals surface area contributed by atoms with E-state index in [1.54, 1.807) is 13.8 Å². The van der Waals surface area contributed by atoms with E-state index in [0.717, 1.165) is 28.5 Å². The highest BCUT2D eigenvalue weighted by Gasteiger charge is 2.45. The minimum absolute atomic E-state index is 0.0982. The Bertz CT molecular complexity index is 728. The van der Waals surface area contributed by atoms with E-state index < -0.39 is 17.8 Å². The van der Waals surface area contributed by atoms with Gasteiger partial charge in [0.1, 0.15) is 0 Å². The van der Waals surface area contributed by atoms with Gasteiger partial charge < -0.3 is 4.90 Å². The van der Waals surface area contributed by atoms with Crippen LogP contribution >= 0.6 is 0 Å². The lowest BCUT2D eigenvalue weighted by molar-refractivity contribution is -0.144. The molecule has 0 saturated carbocycles. The van der Waals surface area contributed by atoms with E-state index in [1.807, 2.05) is 24.1 Å². The van der Waals surface area contributed by atoms with Crippen LogP contribution in [0.5, 0.6) is 0 Å². The first-order valence-corrected chi connectivity index (χ1v) is 9.60. The Kier molecular flexibility index (Phi) is 5.79. The molecule has 1 aromatic rings. The zero-order chi connectivity index (χ0) is 19.6. The van der Waals surface area contributed by atoms with Crippen molar-refractivity contribution in [2.45, 2.75) is 45.7 Å². The van der Waals surface area contributed by atoms with Crippen LogP contribution in [0, 0.1) is 0 Å². The number of hydrogen-bond donors (Lipinski definition) is 0. The Balaban J connectivity index is 1.70. The van der Waals surface area contributed by atoms with Crippen molar-refractivity contribution in [1.29, 1.82) is 0 Å². The van der Waals surface area contributed by atoms with E-state index in [4.69, 9.17) is 0 Å². The van der Waals surface area contributed by atoms with E-state index in [2.05, 4.69) is 17.0 Å². The fourth-order valence-corrected chi connectivity index (χ4v) is 3.77. The standard InChI is InChI=1S/C20H28N4O3/c1-15(2)24-19(26)18(25)23(20(24)27)14-21(3)13-16-9-5-6-10-17(16)22-11-7-4-8-12-22/h5-6,9-10,15H,4,7-8,11-14H2,1-3H3. The van der Waals surface area contributed by atoms with Crippen molar-refractivity contribution in [3.05, 3.63) is 29.8 Å². The van der Waals surface area contributed by atoms with Crippen molar-refractivity contribution < 1.29 is 14.4 Å². The maximum atomic E-state index is 12.4. The van der Waals surface area contributed by atoms with Crippen LogP contribution in [0.15, 0.2) is 24.3 Å². The average molecular weight is 372 g/mol. The normalized spacial score (nSPS) is 18.4. The monoisotopic (exact) mass is 372 g/mol. The number of imide groups is 2. The molecule has 0 spiro atoms. The van der Waals surface area contributed by atoms with Crippen LogP contribution in [-0.2, 0) is 16.1 Å². The first-order chi connectivity index (χ1) is 12.9. The van der Waals surface area contributed by atoms with Gasteiger partial charge in [-0.25, -0.2) is 9.69 Å². The maximum Gasteiger partial charge on any atom is 0.335 e. The molecule has 0 aromatic heterocycles. The molecule has 146 valence electrons. The Hall–Kier alpha value is -2.41. The number of nitrogens with zero attached hydrogens (tertiary/aromatic N) is 4. The molecule has 0 atom stereocenters. The van der Waals surface area contributed by atoms with E-state index >= 15 is 0 Å². The van der Waals surface area contributed by atoms with E-state index in [1.165, 1.54) is 24.9 Å². The molecule has 2 fully saturated rings. The lowest BCUT2D eigenvalue weighted by Gasteiger charge is -2.32. The number of urea groups is 1. The Labute approximate surface area is 160 Å². The summed E-state index contributed by atoms with van der Waals surface area (Å²) in [5.41, 5.74) is 2.37. The first kappa shape index (κ1) is 19.4. The van der Waals surface area contributed by atoms with E-state index in [9.17, 15) is 14.4 Å².